The molecule has 1 unspecified atom stereocenters. The summed E-state index contributed by atoms with van der Waals surface area (Å²) >= 11 is 1.36. The average molecular weight is 265 g/mol. The summed E-state index contributed by atoms with van der Waals surface area (Å²) in [4.78, 5) is 16.2. The van der Waals surface area contributed by atoms with Crippen molar-refractivity contribution in [2.45, 2.75) is 19.9 Å². The first-order valence-electron chi connectivity index (χ1n) is 5.50. The van der Waals surface area contributed by atoms with Crippen LogP contribution in [0.25, 0.3) is 0 Å². The molecule has 0 aliphatic rings. The van der Waals surface area contributed by atoms with Gasteiger partial charge in [0, 0.05) is 24.7 Å². The topological polar surface area (TPSA) is 85.8 Å². The van der Waals surface area contributed by atoms with Crippen LogP contribution in [-0.4, -0.2) is 20.7 Å². The summed E-state index contributed by atoms with van der Waals surface area (Å²) in [6.07, 6.45) is 1.69. The number of nitrogens with two attached hydrogens (primary N) is 1. The highest BCUT2D eigenvalue weighted by atomic mass is 32.1. The first-order valence-corrected chi connectivity index (χ1v) is 6.38. The van der Waals surface area contributed by atoms with Crippen molar-refractivity contribution in [3.05, 3.63) is 28.5 Å². The fourth-order valence-corrected chi connectivity index (χ4v) is 2.35. The van der Waals surface area contributed by atoms with Crippen LogP contribution in [0.4, 0.5) is 5.13 Å². The molecule has 0 radical (unpaired) electrons. The fourth-order valence-electron chi connectivity index (χ4n) is 1.54. The maximum atomic E-state index is 12.0. The van der Waals surface area contributed by atoms with E-state index in [4.69, 9.17) is 5.73 Å². The first kappa shape index (κ1) is 12.7. The molecule has 0 saturated carbocycles. The van der Waals surface area contributed by atoms with Gasteiger partial charge >= 0.3 is 0 Å². The van der Waals surface area contributed by atoms with E-state index in [1.807, 2.05) is 12.3 Å². The zero-order valence-electron chi connectivity index (χ0n) is 10.5. The summed E-state index contributed by atoms with van der Waals surface area (Å²) in [5.41, 5.74) is 7.74. The third-order valence-electron chi connectivity index (χ3n) is 2.47. The molecular formula is C11H15N5OS. The van der Waals surface area contributed by atoms with E-state index in [1.54, 1.807) is 24.9 Å². The first-order chi connectivity index (χ1) is 8.47. The molecule has 6 nitrogen and oxygen atoms in total. The van der Waals surface area contributed by atoms with E-state index in [1.165, 1.54) is 11.3 Å². The van der Waals surface area contributed by atoms with Crippen molar-refractivity contribution in [2.24, 2.45) is 12.8 Å². The standard InChI is InChI=1S/C11H15N5OS/c1-6(12)9-5-18-11(13-9)14-10(17)8-4-16(3)15-7(8)2/h4-6H,12H2,1-3H3,(H,13,14,17). The monoisotopic (exact) mass is 265 g/mol. The van der Waals surface area contributed by atoms with Crippen LogP contribution in [0.2, 0.25) is 0 Å². The van der Waals surface area contributed by atoms with E-state index >= 15 is 0 Å². The number of nitrogens with zero attached hydrogens (tertiary/aromatic N) is 3. The number of aryl methyl sites for hydroxylation is 2. The summed E-state index contributed by atoms with van der Waals surface area (Å²) < 4.78 is 1.61. The number of aromatic nitrogens is 3. The number of hydrogen-bond donors (Lipinski definition) is 2. The molecule has 0 spiro atoms. The van der Waals surface area contributed by atoms with Gasteiger partial charge in [-0.3, -0.25) is 14.8 Å². The number of carbonyl (C=O) groups excluding carboxylic acids is 1. The van der Waals surface area contributed by atoms with Crippen molar-refractivity contribution in [3.8, 4) is 0 Å². The second-order valence-electron chi connectivity index (χ2n) is 4.12. The Balaban J connectivity index is 2.13. The van der Waals surface area contributed by atoms with Gasteiger partial charge in [-0.1, -0.05) is 0 Å². The molecule has 7 heteroatoms. The third-order valence-corrected chi connectivity index (χ3v) is 3.24. The number of rotatable bonds is 3. The van der Waals surface area contributed by atoms with E-state index in [9.17, 15) is 4.79 Å². The van der Waals surface area contributed by atoms with Crippen LogP contribution < -0.4 is 11.1 Å². The Morgan fingerprint density at radius 3 is 2.83 bits per heavy atom. The summed E-state index contributed by atoms with van der Waals surface area (Å²) in [6.45, 7) is 3.65. The molecule has 2 rings (SSSR count). The molecule has 96 valence electrons. The molecule has 2 aromatic rings. The van der Waals surface area contributed by atoms with Crippen molar-refractivity contribution >= 4 is 22.4 Å². The number of thiazole rings is 1. The van der Waals surface area contributed by atoms with E-state index in [0.717, 1.165) is 5.69 Å². The Morgan fingerprint density at radius 2 is 2.33 bits per heavy atom. The van der Waals surface area contributed by atoms with Gasteiger partial charge in [0.15, 0.2) is 5.13 Å². The molecule has 3 N–H and O–H groups in total. The number of anilines is 1. The second kappa shape index (κ2) is 4.87. The SMILES string of the molecule is Cc1nn(C)cc1C(=O)Nc1nc(C(C)N)cs1. The molecule has 1 amide bonds. The second-order valence-corrected chi connectivity index (χ2v) is 4.98. The van der Waals surface area contributed by atoms with Gasteiger partial charge in [0.1, 0.15) is 0 Å². The Kier molecular flexibility index (Phi) is 3.44. The van der Waals surface area contributed by atoms with Gasteiger partial charge in [-0.15, -0.1) is 11.3 Å². The average Bonchev–Trinajstić information content (AvgIpc) is 2.85. The van der Waals surface area contributed by atoms with Gasteiger partial charge in [-0.2, -0.15) is 5.10 Å². The Bertz CT molecular complexity index is 572. The third kappa shape index (κ3) is 2.57. The van der Waals surface area contributed by atoms with E-state index in [0.29, 0.717) is 16.4 Å². The largest absolute Gasteiger partial charge is 0.323 e. The van der Waals surface area contributed by atoms with Gasteiger partial charge in [-0.05, 0) is 13.8 Å². The van der Waals surface area contributed by atoms with E-state index in [2.05, 4.69) is 15.4 Å². The van der Waals surface area contributed by atoms with Gasteiger partial charge in [0.25, 0.3) is 5.91 Å². The lowest BCUT2D eigenvalue weighted by atomic mass is 10.2. The molecule has 0 fully saturated rings. The molecule has 0 saturated heterocycles. The zero-order chi connectivity index (χ0) is 13.3. The Labute approximate surface area is 109 Å². The van der Waals surface area contributed by atoms with Crippen LogP contribution >= 0.6 is 11.3 Å². The lowest BCUT2D eigenvalue weighted by Crippen LogP contribution is -2.12. The fraction of sp³-hybridized carbons (Fsp3) is 0.364. The predicted molar refractivity (Wildman–Crippen MR) is 70.6 cm³/mol. The maximum Gasteiger partial charge on any atom is 0.260 e. The Morgan fingerprint density at radius 1 is 1.61 bits per heavy atom. The molecule has 0 aliphatic carbocycles. The quantitative estimate of drug-likeness (QED) is 0.879. The van der Waals surface area contributed by atoms with Gasteiger partial charge < -0.3 is 5.73 Å². The van der Waals surface area contributed by atoms with Crippen LogP contribution in [0.5, 0.6) is 0 Å². The van der Waals surface area contributed by atoms with Crippen LogP contribution in [0.15, 0.2) is 11.6 Å². The number of carbonyl (C=O) groups is 1. The van der Waals surface area contributed by atoms with Crippen molar-refractivity contribution in [2.75, 3.05) is 5.32 Å². The minimum atomic E-state index is -0.203. The van der Waals surface area contributed by atoms with E-state index < -0.39 is 0 Å². The minimum absolute atomic E-state index is 0.132. The van der Waals surface area contributed by atoms with E-state index in [-0.39, 0.29) is 11.9 Å². The smallest absolute Gasteiger partial charge is 0.260 e. The van der Waals surface area contributed by atoms with Crippen molar-refractivity contribution in [3.63, 3.8) is 0 Å². The normalized spacial score (nSPS) is 12.4. The maximum absolute atomic E-state index is 12.0. The highest BCUT2D eigenvalue weighted by Gasteiger charge is 2.14. The van der Waals surface area contributed by atoms with Gasteiger partial charge in [0.2, 0.25) is 0 Å². The van der Waals surface area contributed by atoms with Gasteiger partial charge in [0.05, 0.1) is 17.0 Å². The molecule has 0 bridgehead atoms. The van der Waals surface area contributed by atoms with Crippen molar-refractivity contribution in [1.29, 1.82) is 0 Å². The molecule has 2 heterocycles. The minimum Gasteiger partial charge on any atom is -0.323 e. The zero-order valence-corrected chi connectivity index (χ0v) is 11.3. The molecule has 0 aliphatic heterocycles. The predicted octanol–water partition coefficient (Wildman–Crippen LogP) is 1.46. The van der Waals surface area contributed by atoms with Crippen LogP contribution in [0.1, 0.15) is 34.7 Å². The Hall–Kier alpha value is -1.73. The molecule has 1 atom stereocenters. The van der Waals surface area contributed by atoms with Crippen molar-refractivity contribution < 1.29 is 4.79 Å². The summed E-state index contributed by atoms with van der Waals surface area (Å²) in [5.74, 6) is -0.203. The number of nitrogens with one attached hydrogen (secondary N) is 1. The number of hydrogen-bond acceptors (Lipinski definition) is 5. The lowest BCUT2D eigenvalue weighted by Gasteiger charge is -2.00. The molecular weight excluding hydrogens is 250 g/mol. The summed E-state index contributed by atoms with van der Waals surface area (Å²) in [6, 6.07) is -0.132. The molecule has 2 aromatic heterocycles. The molecule has 18 heavy (non-hydrogen) atoms. The molecule has 0 aromatic carbocycles. The lowest BCUT2D eigenvalue weighted by molar-refractivity contribution is 0.102. The van der Waals surface area contributed by atoms with Crippen molar-refractivity contribution in [1.82, 2.24) is 14.8 Å². The number of amides is 1. The highest BCUT2D eigenvalue weighted by Crippen LogP contribution is 2.20. The van der Waals surface area contributed by atoms with Crippen LogP contribution in [-0.2, 0) is 7.05 Å². The highest BCUT2D eigenvalue weighted by molar-refractivity contribution is 7.14. The van der Waals surface area contributed by atoms with Crippen LogP contribution in [0.3, 0.4) is 0 Å². The van der Waals surface area contributed by atoms with Crippen LogP contribution in [0, 0.1) is 6.92 Å². The summed E-state index contributed by atoms with van der Waals surface area (Å²) in [5, 5.41) is 9.27. The summed E-state index contributed by atoms with van der Waals surface area (Å²) in [7, 11) is 1.78. The van der Waals surface area contributed by atoms with Gasteiger partial charge in [-0.25, -0.2) is 4.98 Å².